The zero-order valence-corrected chi connectivity index (χ0v) is 38.8. The molecule has 28 unspecified atom stereocenters. The fourth-order valence-electron chi connectivity index (χ4n) is 14.5. The molecule has 12 N–H and O–H groups in total. The molecule has 4 aliphatic heterocycles. The summed E-state index contributed by atoms with van der Waals surface area (Å²) in [4.78, 5) is 0. The van der Waals surface area contributed by atoms with Crippen LogP contribution in [0.1, 0.15) is 85.5 Å². The highest BCUT2D eigenvalue weighted by Crippen LogP contribution is 2.71. The van der Waals surface area contributed by atoms with Crippen molar-refractivity contribution in [2.45, 2.75) is 202 Å². The summed E-state index contributed by atoms with van der Waals surface area (Å²) in [6, 6.07) is 0. The first-order valence-corrected chi connectivity index (χ1v) is 24.3. The smallest absolute Gasteiger partial charge is 0.186 e. The van der Waals surface area contributed by atoms with E-state index in [0.29, 0.717) is 38.5 Å². The molecular formula is C46H78O20. The highest BCUT2D eigenvalue weighted by Gasteiger charge is 2.70. The fraction of sp³-hybridized carbons (Fsp3) is 1.00. The predicted octanol–water partition coefficient (Wildman–Crippen LogP) is -2.15. The summed E-state index contributed by atoms with van der Waals surface area (Å²) < 4.78 is 49.6. The van der Waals surface area contributed by atoms with Gasteiger partial charge in [-0.15, -0.1) is 0 Å². The van der Waals surface area contributed by atoms with Crippen LogP contribution in [0.15, 0.2) is 0 Å². The van der Waals surface area contributed by atoms with E-state index in [1.807, 2.05) is 6.92 Å². The van der Waals surface area contributed by atoms with E-state index in [9.17, 15) is 61.3 Å². The molecule has 0 radical (unpaired) electrons. The lowest BCUT2D eigenvalue weighted by molar-refractivity contribution is -0.335. The van der Waals surface area contributed by atoms with Crippen molar-refractivity contribution < 1.29 is 99.2 Å². The van der Waals surface area contributed by atoms with Crippen LogP contribution in [-0.4, -0.2) is 211 Å². The molecule has 4 aliphatic carbocycles. The quantitative estimate of drug-likeness (QED) is 0.0826. The van der Waals surface area contributed by atoms with Crippen LogP contribution in [0.4, 0.5) is 0 Å². The maximum Gasteiger partial charge on any atom is 0.186 e. The summed E-state index contributed by atoms with van der Waals surface area (Å²) in [6.07, 6.45) is -16.0. The molecule has 0 spiro atoms. The Morgan fingerprint density at radius 3 is 1.70 bits per heavy atom. The Hall–Kier alpha value is -0.800. The van der Waals surface area contributed by atoms with Gasteiger partial charge in [0.1, 0.15) is 73.2 Å². The molecule has 8 aliphatic rings. The van der Waals surface area contributed by atoms with Crippen LogP contribution in [0.25, 0.3) is 0 Å². The molecule has 66 heavy (non-hydrogen) atoms. The largest absolute Gasteiger partial charge is 0.394 e. The van der Waals surface area contributed by atoms with Gasteiger partial charge in [0, 0.05) is 19.4 Å². The average molecular weight is 951 g/mol. The Kier molecular flexibility index (Phi) is 15.6. The minimum atomic E-state index is -1.62. The van der Waals surface area contributed by atoms with Gasteiger partial charge in [-0.05, 0) is 97.7 Å². The number of fused-ring (bicyclic) bond motifs is 7. The Balaban J connectivity index is 0.981. The number of methoxy groups -OCH3 is 1. The molecule has 0 aromatic rings. The van der Waals surface area contributed by atoms with E-state index in [1.54, 1.807) is 7.11 Å². The molecule has 4 saturated heterocycles. The molecule has 382 valence electrons. The van der Waals surface area contributed by atoms with Gasteiger partial charge in [0.05, 0.1) is 44.7 Å². The van der Waals surface area contributed by atoms with Crippen molar-refractivity contribution in [3.63, 3.8) is 0 Å². The molecule has 20 heteroatoms. The van der Waals surface area contributed by atoms with Gasteiger partial charge >= 0.3 is 0 Å². The standard InChI is InChI=1S/C46H78O20/c1-19(18-60-41-38(56)35(53)32(50)28(15-47)63-41)6-11-46(59-5)20(2)31-27(66-46)14-24-22-13-26(62-43-40(58)37(55)34(52)30(17-49)65-43)25-12-21(7-9-44(25,3)23(22)8-10-45(24,31)4)61-42-39(57)36(54)33(51)29(16-48)64-42/h19-43,47-58H,6-18H2,1-5H3. The Morgan fingerprint density at radius 1 is 0.606 bits per heavy atom. The fourth-order valence-corrected chi connectivity index (χ4v) is 14.5. The summed E-state index contributed by atoms with van der Waals surface area (Å²) >= 11 is 0. The van der Waals surface area contributed by atoms with Gasteiger partial charge in [0.15, 0.2) is 24.7 Å². The Labute approximate surface area is 386 Å². The van der Waals surface area contributed by atoms with Gasteiger partial charge in [-0.3, -0.25) is 0 Å². The van der Waals surface area contributed by atoms with Gasteiger partial charge in [-0.1, -0.05) is 27.7 Å². The first kappa shape index (κ1) is 51.6. The molecular weight excluding hydrogens is 872 g/mol. The zero-order valence-electron chi connectivity index (χ0n) is 38.8. The van der Waals surface area contributed by atoms with E-state index in [1.165, 1.54) is 0 Å². The summed E-state index contributed by atoms with van der Waals surface area (Å²) in [7, 11) is 1.68. The maximum atomic E-state index is 11.2. The van der Waals surface area contributed by atoms with Gasteiger partial charge < -0.3 is 99.2 Å². The normalized spacial score (nSPS) is 55.4. The zero-order chi connectivity index (χ0) is 47.8. The monoisotopic (exact) mass is 951 g/mol. The van der Waals surface area contributed by atoms with Crippen LogP contribution in [0, 0.1) is 52.3 Å². The Morgan fingerprint density at radius 2 is 1.14 bits per heavy atom. The number of aliphatic hydroxyl groups is 12. The molecule has 0 aromatic carbocycles. The van der Waals surface area contributed by atoms with Gasteiger partial charge in [0.2, 0.25) is 0 Å². The van der Waals surface area contributed by atoms with Gasteiger partial charge in [-0.2, -0.15) is 0 Å². The minimum absolute atomic E-state index is 0.0145. The van der Waals surface area contributed by atoms with Crippen molar-refractivity contribution in [2.75, 3.05) is 33.5 Å². The molecule has 0 amide bonds. The molecule has 20 nitrogen and oxygen atoms in total. The summed E-state index contributed by atoms with van der Waals surface area (Å²) in [5.74, 6) is -0.222. The summed E-state index contributed by atoms with van der Waals surface area (Å²) in [6.45, 7) is 7.34. The highest BCUT2D eigenvalue weighted by molar-refractivity contribution is 5.16. The van der Waals surface area contributed by atoms with Crippen molar-refractivity contribution in [3.8, 4) is 0 Å². The Bertz CT molecular complexity index is 1610. The van der Waals surface area contributed by atoms with Crippen LogP contribution in [-0.2, 0) is 37.9 Å². The third kappa shape index (κ3) is 8.85. The second kappa shape index (κ2) is 20.0. The van der Waals surface area contributed by atoms with Crippen molar-refractivity contribution >= 4 is 0 Å². The van der Waals surface area contributed by atoms with Crippen molar-refractivity contribution in [1.29, 1.82) is 0 Å². The predicted molar refractivity (Wildman–Crippen MR) is 225 cm³/mol. The number of hydrogen-bond donors (Lipinski definition) is 12. The number of aliphatic hydroxyl groups excluding tert-OH is 12. The molecule has 8 fully saturated rings. The topological polar surface area (TPSA) is 317 Å². The van der Waals surface area contributed by atoms with E-state index < -0.39 is 130 Å². The third-order valence-corrected chi connectivity index (χ3v) is 18.3. The number of rotatable bonds is 14. The average Bonchev–Trinajstić information content (AvgIpc) is 3.77. The molecule has 0 bridgehead atoms. The van der Waals surface area contributed by atoms with Gasteiger partial charge in [-0.25, -0.2) is 0 Å². The van der Waals surface area contributed by atoms with Crippen LogP contribution in [0.3, 0.4) is 0 Å². The molecule has 4 saturated carbocycles. The van der Waals surface area contributed by atoms with E-state index in [-0.39, 0.29) is 65.0 Å². The van der Waals surface area contributed by atoms with E-state index >= 15 is 0 Å². The lowest BCUT2D eigenvalue weighted by Crippen LogP contribution is -2.63. The second-order valence-corrected chi connectivity index (χ2v) is 21.8. The van der Waals surface area contributed by atoms with Crippen molar-refractivity contribution in [1.82, 2.24) is 0 Å². The van der Waals surface area contributed by atoms with E-state index in [4.69, 9.17) is 37.9 Å². The molecule has 4 heterocycles. The molecule has 8 rings (SSSR count). The van der Waals surface area contributed by atoms with Crippen LogP contribution in [0.5, 0.6) is 0 Å². The number of ether oxygens (including phenoxy) is 8. The maximum absolute atomic E-state index is 11.2. The molecule has 28 atom stereocenters. The SMILES string of the molecule is COC1(CCC(C)COC2OC(CO)C(O)C(O)C2O)OC2CC3C4CC(OC5OC(CO)C(O)C(O)C5O)C5CC(OC6OC(CO)C(O)C(O)C6O)CCC5(C)C4CCC3(C)C2C1C. The highest BCUT2D eigenvalue weighted by atomic mass is 16.7. The van der Waals surface area contributed by atoms with Gasteiger partial charge in [0.25, 0.3) is 0 Å². The summed E-state index contributed by atoms with van der Waals surface area (Å²) in [5.41, 5.74) is -0.434. The van der Waals surface area contributed by atoms with Crippen LogP contribution in [0.2, 0.25) is 0 Å². The lowest BCUT2D eigenvalue weighted by atomic mass is 9.43. The van der Waals surface area contributed by atoms with Crippen LogP contribution >= 0.6 is 0 Å². The van der Waals surface area contributed by atoms with E-state index in [2.05, 4.69) is 20.8 Å². The first-order chi connectivity index (χ1) is 31.3. The van der Waals surface area contributed by atoms with E-state index in [0.717, 1.165) is 19.3 Å². The first-order valence-electron chi connectivity index (χ1n) is 24.3. The molecule has 0 aromatic heterocycles. The van der Waals surface area contributed by atoms with Crippen LogP contribution < -0.4 is 0 Å². The van der Waals surface area contributed by atoms with Crippen molar-refractivity contribution in [3.05, 3.63) is 0 Å². The second-order valence-electron chi connectivity index (χ2n) is 21.8. The number of hydrogen-bond acceptors (Lipinski definition) is 20. The lowest BCUT2D eigenvalue weighted by Gasteiger charge is -2.63. The summed E-state index contributed by atoms with van der Waals surface area (Å²) in [5, 5.41) is 125. The van der Waals surface area contributed by atoms with Crippen molar-refractivity contribution in [2.24, 2.45) is 52.3 Å². The minimum Gasteiger partial charge on any atom is -0.394 e. The third-order valence-electron chi connectivity index (χ3n) is 18.3.